The van der Waals surface area contributed by atoms with Crippen LogP contribution in [-0.4, -0.2) is 18.0 Å². The second-order valence-electron chi connectivity index (χ2n) is 5.00. The van der Waals surface area contributed by atoms with Gasteiger partial charge in [0.15, 0.2) is 0 Å². The van der Waals surface area contributed by atoms with Gasteiger partial charge in [0.1, 0.15) is 5.54 Å². The molecule has 1 aliphatic rings. The Labute approximate surface area is 126 Å². The zero-order chi connectivity index (χ0) is 13.9. The number of nitriles is 1. The van der Waals surface area contributed by atoms with Crippen LogP contribution in [0.3, 0.4) is 0 Å². The smallest absolute Gasteiger partial charge is 0.240 e. The average molecular weight is 369 g/mol. The summed E-state index contributed by atoms with van der Waals surface area (Å²) in [5.74, 6) is 0.161. The molecule has 0 bridgehead atoms. The lowest BCUT2D eigenvalue weighted by Gasteiger charge is -2.23. The van der Waals surface area contributed by atoms with Crippen molar-refractivity contribution in [1.29, 1.82) is 5.26 Å². The predicted octanol–water partition coefficient (Wildman–Crippen LogP) is 2.51. The van der Waals surface area contributed by atoms with Crippen LogP contribution in [0.2, 0.25) is 0 Å². The van der Waals surface area contributed by atoms with E-state index in [-0.39, 0.29) is 12.5 Å². The van der Waals surface area contributed by atoms with Crippen molar-refractivity contribution >= 4 is 34.2 Å². The zero-order valence-electron chi connectivity index (χ0n) is 10.7. The minimum absolute atomic E-state index is 0.144. The molecule has 0 heterocycles. The summed E-state index contributed by atoms with van der Waals surface area (Å²) in [6.45, 7) is 1.98. The van der Waals surface area contributed by atoms with Crippen molar-refractivity contribution in [2.45, 2.75) is 25.3 Å². The molecular weight excluding hydrogens is 353 g/mol. The van der Waals surface area contributed by atoms with E-state index in [1.165, 1.54) is 0 Å². The van der Waals surface area contributed by atoms with Gasteiger partial charge in [-0.1, -0.05) is 0 Å². The fourth-order valence-corrected chi connectivity index (χ4v) is 2.33. The maximum atomic E-state index is 11.9. The number of benzene rings is 1. The lowest BCUT2D eigenvalue weighted by molar-refractivity contribution is -0.120. The summed E-state index contributed by atoms with van der Waals surface area (Å²) in [6.07, 6.45) is 2.05. The number of halogens is 1. The molecule has 1 aliphatic carbocycles. The van der Waals surface area contributed by atoms with Gasteiger partial charge in [-0.3, -0.25) is 4.79 Å². The minimum atomic E-state index is -0.717. The molecule has 0 aromatic heterocycles. The van der Waals surface area contributed by atoms with E-state index in [9.17, 15) is 10.1 Å². The van der Waals surface area contributed by atoms with Crippen LogP contribution in [0.4, 0.5) is 5.69 Å². The maximum absolute atomic E-state index is 11.9. The summed E-state index contributed by atoms with van der Waals surface area (Å²) in [7, 11) is 0. The summed E-state index contributed by atoms with van der Waals surface area (Å²) in [6, 6.07) is 10.0. The van der Waals surface area contributed by atoms with Crippen molar-refractivity contribution in [1.82, 2.24) is 5.32 Å². The van der Waals surface area contributed by atoms with Crippen LogP contribution in [0, 0.1) is 20.8 Å². The Morgan fingerprint density at radius 3 is 2.63 bits per heavy atom. The number of nitrogens with zero attached hydrogens (tertiary/aromatic N) is 1. The molecule has 2 rings (SSSR count). The number of rotatable bonds is 5. The SMILES string of the molecule is C[C@](C#N)(NC(=O)CNc1ccc(I)cc1)C1CC1. The quantitative estimate of drug-likeness (QED) is 0.784. The van der Waals surface area contributed by atoms with Crippen molar-refractivity contribution in [3.05, 3.63) is 27.8 Å². The zero-order valence-corrected chi connectivity index (χ0v) is 12.9. The Kier molecular flexibility index (Phi) is 4.30. The number of hydrogen-bond donors (Lipinski definition) is 2. The Bertz CT molecular complexity index is 504. The van der Waals surface area contributed by atoms with Gasteiger partial charge < -0.3 is 10.6 Å². The third-order valence-electron chi connectivity index (χ3n) is 3.32. The van der Waals surface area contributed by atoms with Gasteiger partial charge in [-0.05, 0) is 72.5 Å². The van der Waals surface area contributed by atoms with Crippen LogP contribution in [0.15, 0.2) is 24.3 Å². The average Bonchev–Trinajstić information content (AvgIpc) is 3.22. The highest BCUT2D eigenvalue weighted by molar-refractivity contribution is 14.1. The second-order valence-corrected chi connectivity index (χ2v) is 6.24. The summed E-state index contributed by atoms with van der Waals surface area (Å²) < 4.78 is 1.15. The summed E-state index contributed by atoms with van der Waals surface area (Å²) in [5, 5.41) is 15.0. The van der Waals surface area contributed by atoms with Crippen molar-refractivity contribution < 1.29 is 4.79 Å². The third kappa shape index (κ3) is 3.83. The van der Waals surface area contributed by atoms with Crippen LogP contribution in [0.25, 0.3) is 0 Å². The van der Waals surface area contributed by atoms with E-state index < -0.39 is 5.54 Å². The number of anilines is 1. The Morgan fingerprint density at radius 1 is 1.47 bits per heavy atom. The van der Waals surface area contributed by atoms with Gasteiger partial charge in [0.25, 0.3) is 0 Å². The first-order valence-electron chi connectivity index (χ1n) is 6.25. The molecule has 19 heavy (non-hydrogen) atoms. The first-order chi connectivity index (χ1) is 9.03. The van der Waals surface area contributed by atoms with Crippen molar-refractivity contribution in [3.63, 3.8) is 0 Å². The summed E-state index contributed by atoms with van der Waals surface area (Å²) in [4.78, 5) is 11.9. The molecule has 4 nitrogen and oxygen atoms in total. The topological polar surface area (TPSA) is 64.9 Å². The molecule has 0 saturated heterocycles. The molecule has 0 spiro atoms. The Balaban J connectivity index is 1.84. The molecule has 1 fully saturated rings. The van der Waals surface area contributed by atoms with E-state index in [0.717, 1.165) is 22.1 Å². The fraction of sp³-hybridized carbons (Fsp3) is 0.429. The van der Waals surface area contributed by atoms with Crippen LogP contribution in [-0.2, 0) is 4.79 Å². The van der Waals surface area contributed by atoms with Crippen LogP contribution < -0.4 is 10.6 Å². The maximum Gasteiger partial charge on any atom is 0.240 e. The Morgan fingerprint density at radius 2 is 2.11 bits per heavy atom. The van der Waals surface area contributed by atoms with E-state index in [1.807, 2.05) is 24.3 Å². The van der Waals surface area contributed by atoms with Gasteiger partial charge in [0.05, 0.1) is 12.6 Å². The van der Waals surface area contributed by atoms with Crippen molar-refractivity contribution in [2.75, 3.05) is 11.9 Å². The molecule has 100 valence electrons. The van der Waals surface area contributed by atoms with Crippen molar-refractivity contribution in [2.24, 2.45) is 5.92 Å². The van der Waals surface area contributed by atoms with Crippen molar-refractivity contribution in [3.8, 4) is 6.07 Å². The van der Waals surface area contributed by atoms with Gasteiger partial charge in [-0.15, -0.1) is 0 Å². The lowest BCUT2D eigenvalue weighted by Crippen LogP contribution is -2.48. The molecule has 2 N–H and O–H groups in total. The highest BCUT2D eigenvalue weighted by Crippen LogP contribution is 2.39. The van der Waals surface area contributed by atoms with E-state index in [4.69, 9.17) is 0 Å². The largest absolute Gasteiger partial charge is 0.376 e. The molecule has 0 unspecified atom stereocenters. The second kappa shape index (κ2) is 5.78. The molecule has 1 aromatic carbocycles. The molecular formula is C14H16IN3O. The van der Waals surface area contributed by atoms with Gasteiger partial charge in [0.2, 0.25) is 5.91 Å². The monoisotopic (exact) mass is 369 g/mol. The first-order valence-corrected chi connectivity index (χ1v) is 7.33. The van der Waals surface area contributed by atoms with Gasteiger partial charge in [-0.25, -0.2) is 0 Å². The van der Waals surface area contributed by atoms with Crippen LogP contribution in [0.5, 0.6) is 0 Å². The number of amides is 1. The van der Waals surface area contributed by atoms with Crippen LogP contribution in [0.1, 0.15) is 19.8 Å². The van der Waals surface area contributed by atoms with E-state index in [0.29, 0.717) is 5.92 Å². The number of carbonyl (C=O) groups excluding carboxylic acids is 1. The summed E-state index contributed by atoms with van der Waals surface area (Å²) in [5.41, 5.74) is 0.186. The third-order valence-corrected chi connectivity index (χ3v) is 4.04. The van der Waals surface area contributed by atoms with Crippen LogP contribution >= 0.6 is 22.6 Å². The predicted molar refractivity (Wildman–Crippen MR) is 82.5 cm³/mol. The minimum Gasteiger partial charge on any atom is -0.376 e. The summed E-state index contributed by atoms with van der Waals surface area (Å²) >= 11 is 2.23. The fourth-order valence-electron chi connectivity index (χ4n) is 1.97. The van der Waals surface area contributed by atoms with Gasteiger partial charge in [0, 0.05) is 9.26 Å². The molecule has 1 aromatic rings. The molecule has 1 amide bonds. The highest BCUT2D eigenvalue weighted by atomic mass is 127. The molecule has 0 aliphatic heterocycles. The normalized spacial score (nSPS) is 17.1. The Hall–Kier alpha value is -1.29. The molecule has 0 radical (unpaired) electrons. The molecule has 5 heteroatoms. The first kappa shape index (κ1) is 14.1. The molecule has 1 atom stereocenters. The highest BCUT2D eigenvalue weighted by Gasteiger charge is 2.42. The number of hydrogen-bond acceptors (Lipinski definition) is 3. The standard InChI is InChI=1S/C14H16IN3O/c1-14(9-16,10-2-3-10)18-13(19)8-17-12-6-4-11(15)5-7-12/h4-7,10,17H,2-3,8H2,1H3,(H,18,19)/t14-/m1/s1. The van der Waals surface area contributed by atoms with E-state index in [1.54, 1.807) is 6.92 Å². The van der Waals surface area contributed by atoms with Gasteiger partial charge in [-0.2, -0.15) is 5.26 Å². The van der Waals surface area contributed by atoms with Gasteiger partial charge >= 0.3 is 0 Å². The lowest BCUT2D eigenvalue weighted by atomic mass is 9.98. The number of carbonyl (C=O) groups is 1. The number of nitrogens with one attached hydrogen (secondary N) is 2. The van der Waals surface area contributed by atoms with E-state index >= 15 is 0 Å². The molecule has 1 saturated carbocycles. The van der Waals surface area contributed by atoms with E-state index in [2.05, 4.69) is 39.3 Å².